The molecule has 1 aromatic rings. The molecule has 3 heterocycles. The van der Waals surface area contributed by atoms with Crippen molar-refractivity contribution in [1.82, 2.24) is 14.9 Å². The molecule has 11 N–H and O–H groups in total. The maximum Gasteiger partial charge on any atom is 0.330 e. The van der Waals surface area contributed by atoms with E-state index in [2.05, 4.69) is 5.32 Å². The van der Waals surface area contributed by atoms with E-state index >= 15 is 0 Å². The molecule has 1 fully saturated rings. The molecule has 9 atom stereocenters. The third-order valence-corrected chi connectivity index (χ3v) is 6.52. The van der Waals surface area contributed by atoms with Crippen molar-refractivity contribution in [3.05, 3.63) is 44.9 Å². The molecule has 2 aliphatic heterocycles. The van der Waals surface area contributed by atoms with Crippen LogP contribution in [0.25, 0.3) is 0 Å². The summed E-state index contributed by atoms with van der Waals surface area (Å²) in [6.07, 6.45) is -10.1. The number of H-pyrrole nitrogens is 1. The number of carbonyl (C=O) groups excluding carboxylic acids is 3. The van der Waals surface area contributed by atoms with E-state index in [1.54, 1.807) is 0 Å². The molecule has 0 bridgehead atoms. The van der Waals surface area contributed by atoms with Crippen molar-refractivity contribution < 1.29 is 48.7 Å². The molecule has 228 valence electrons. The predicted molar refractivity (Wildman–Crippen MR) is 135 cm³/mol. The van der Waals surface area contributed by atoms with Crippen LogP contribution in [0.3, 0.4) is 0 Å². The van der Waals surface area contributed by atoms with E-state index < -0.39 is 89.9 Å². The number of aromatic amines is 1. The highest BCUT2D eigenvalue weighted by Gasteiger charge is 2.52. The minimum atomic E-state index is -1.90. The molecule has 0 aliphatic carbocycles. The SMILES string of the molecule is COC1C(O)C(C(OC2OC(C(=O)NC(CCCCN)C(N)=O)=CC(O)C2O)C(N)=O)OC1n1ccc(=O)[nH]c1=O. The number of aromatic nitrogens is 2. The smallest absolute Gasteiger partial charge is 0.330 e. The average Bonchev–Trinajstić information content (AvgIpc) is 3.23. The minimum Gasteiger partial charge on any atom is -0.456 e. The van der Waals surface area contributed by atoms with Crippen molar-refractivity contribution in [3.63, 3.8) is 0 Å². The fourth-order valence-electron chi connectivity index (χ4n) is 4.38. The van der Waals surface area contributed by atoms with Gasteiger partial charge in [-0.2, -0.15) is 0 Å². The summed E-state index contributed by atoms with van der Waals surface area (Å²) in [4.78, 5) is 62.7. The van der Waals surface area contributed by atoms with Crippen LogP contribution in [0.1, 0.15) is 25.5 Å². The van der Waals surface area contributed by atoms with Gasteiger partial charge in [0.25, 0.3) is 11.5 Å². The number of primary amides is 2. The van der Waals surface area contributed by atoms with E-state index in [9.17, 15) is 39.3 Å². The Morgan fingerprint density at radius 1 is 1.15 bits per heavy atom. The second-order valence-electron chi connectivity index (χ2n) is 9.37. The van der Waals surface area contributed by atoms with Crippen molar-refractivity contribution >= 4 is 17.7 Å². The number of rotatable bonds is 13. The van der Waals surface area contributed by atoms with Crippen LogP contribution in [0, 0.1) is 0 Å². The van der Waals surface area contributed by atoms with Crippen LogP contribution in [0.5, 0.6) is 0 Å². The normalized spacial score (nSPS) is 29.2. The van der Waals surface area contributed by atoms with Gasteiger partial charge in [-0.3, -0.25) is 28.7 Å². The highest BCUT2D eigenvalue weighted by Crippen LogP contribution is 2.34. The van der Waals surface area contributed by atoms with E-state index in [0.717, 1.165) is 22.9 Å². The van der Waals surface area contributed by atoms with Gasteiger partial charge in [0.2, 0.25) is 18.1 Å². The third-order valence-electron chi connectivity index (χ3n) is 6.52. The number of carbonyl (C=O) groups is 3. The van der Waals surface area contributed by atoms with Gasteiger partial charge in [0, 0.05) is 19.4 Å². The first-order chi connectivity index (χ1) is 19.4. The summed E-state index contributed by atoms with van der Waals surface area (Å²) in [6.45, 7) is 0.366. The minimum absolute atomic E-state index is 0.178. The number of amides is 3. The van der Waals surface area contributed by atoms with Crippen molar-refractivity contribution in [2.24, 2.45) is 17.2 Å². The maximum atomic E-state index is 12.8. The van der Waals surface area contributed by atoms with Gasteiger partial charge in [-0.05, 0) is 31.9 Å². The first kappa shape index (κ1) is 31.9. The van der Waals surface area contributed by atoms with E-state index in [4.69, 9.17) is 36.1 Å². The first-order valence-corrected chi connectivity index (χ1v) is 12.6. The molecule has 0 spiro atoms. The predicted octanol–water partition coefficient (Wildman–Crippen LogP) is -5.26. The molecule has 41 heavy (non-hydrogen) atoms. The lowest BCUT2D eigenvalue weighted by Gasteiger charge is -2.34. The molecule has 2 aliphatic rings. The Bertz CT molecular complexity index is 1250. The molecule has 0 radical (unpaired) electrons. The topological polar surface area (TPSA) is 294 Å². The number of ether oxygens (including phenoxy) is 4. The Hall–Kier alpha value is -3.65. The molecule has 0 saturated carbocycles. The fourth-order valence-corrected chi connectivity index (χ4v) is 4.38. The standard InChI is InChI=1S/C23H34N6O12/c1-38-16-14(33)15(40-21(16)29-7-5-12(31)28-23(29)37)17(19(26)35)41-22-13(32)10(30)8-11(39-22)20(36)27-9(18(25)34)4-2-3-6-24/h5,7-10,13-17,21-22,30,32-33H,2-4,6,24H2,1H3,(H2,25,34)(H2,26,35)(H,27,36)(H,28,31,37). The lowest BCUT2D eigenvalue weighted by molar-refractivity contribution is -0.240. The molecule has 1 saturated heterocycles. The number of aliphatic hydroxyl groups excluding tert-OH is 3. The summed E-state index contributed by atoms with van der Waals surface area (Å²) in [7, 11) is 1.19. The average molecular weight is 587 g/mol. The van der Waals surface area contributed by atoms with Crippen LogP contribution < -0.4 is 33.8 Å². The number of unbranched alkanes of at least 4 members (excludes halogenated alkanes) is 1. The third kappa shape index (κ3) is 7.36. The van der Waals surface area contributed by atoms with Gasteiger partial charge >= 0.3 is 5.69 Å². The van der Waals surface area contributed by atoms with Crippen LogP contribution in [0.2, 0.25) is 0 Å². The van der Waals surface area contributed by atoms with E-state index in [0.29, 0.717) is 19.4 Å². The summed E-state index contributed by atoms with van der Waals surface area (Å²) in [6, 6.07) is -0.0752. The Morgan fingerprint density at radius 3 is 2.44 bits per heavy atom. The molecule has 9 unspecified atom stereocenters. The van der Waals surface area contributed by atoms with Gasteiger partial charge in [-0.15, -0.1) is 0 Å². The van der Waals surface area contributed by atoms with Crippen molar-refractivity contribution in [2.75, 3.05) is 13.7 Å². The number of nitrogens with one attached hydrogen (secondary N) is 2. The lowest BCUT2D eigenvalue weighted by Crippen LogP contribution is -2.54. The Balaban J connectivity index is 1.79. The van der Waals surface area contributed by atoms with Gasteiger partial charge < -0.3 is 56.8 Å². The van der Waals surface area contributed by atoms with Gasteiger partial charge in [0.1, 0.15) is 36.6 Å². The molecule has 3 amide bonds. The van der Waals surface area contributed by atoms with Crippen molar-refractivity contribution in [2.45, 2.75) is 74.4 Å². The number of hydrogen-bond acceptors (Lipinski definition) is 13. The second-order valence-corrected chi connectivity index (χ2v) is 9.37. The molecular weight excluding hydrogens is 552 g/mol. The van der Waals surface area contributed by atoms with Crippen LogP contribution in [0.4, 0.5) is 0 Å². The molecule has 1 aromatic heterocycles. The highest BCUT2D eigenvalue weighted by atomic mass is 16.7. The van der Waals surface area contributed by atoms with E-state index in [1.165, 1.54) is 7.11 Å². The lowest BCUT2D eigenvalue weighted by atomic mass is 10.0. The van der Waals surface area contributed by atoms with E-state index in [-0.39, 0.29) is 6.42 Å². The Kier molecular flexibility index (Phi) is 10.7. The van der Waals surface area contributed by atoms with Gasteiger partial charge in [0.05, 0.1) is 0 Å². The molecule has 18 heteroatoms. The zero-order chi connectivity index (χ0) is 30.4. The number of nitrogens with two attached hydrogens (primary N) is 3. The van der Waals surface area contributed by atoms with Gasteiger partial charge in [-0.1, -0.05) is 0 Å². The molecule has 0 aromatic carbocycles. The Morgan fingerprint density at radius 2 is 1.85 bits per heavy atom. The number of methoxy groups -OCH3 is 1. The maximum absolute atomic E-state index is 12.8. The molecule has 3 rings (SSSR count). The molecule has 18 nitrogen and oxygen atoms in total. The summed E-state index contributed by atoms with van der Waals surface area (Å²) in [5.41, 5.74) is 14.7. The summed E-state index contributed by atoms with van der Waals surface area (Å²) in [5, 5.41) is 34.0. The fraction of sp³-hybridized carbons (Fsp3) is 0.609. The summed E-state index contributed by atoms with van der Waals surface area (Å²) < 4.78 is 22.7. The quantitative estimate of drug-likeness (QED) is 0.100. The van der Waals surface area contributed by atoms with Crippen molar-refractivity contribution in [3.8, 4) is 0 Å². The number of aliphatic hydroxyl groups is 3. The Labute approximate surface area is 232 Å². The second kappa shape index (κ2) is 13.8. The van der Waals surface area contributed by atoms with Crippen LogP contribution >= 0.6 is 0 Å². The molecular formula is C23H34N6O12. The summed E-state index contributed by atoms with van der Waals surface area (Å²) >= 11 is 0. The van der Waals surface area contributed by atoms with Crippen molar-refractivity contribution in [1.29, 1.82) is 0 Å². The monoisotopic (exact) mass is 586 g/mol. The highest BCUT2D eigenvalue weighted by molar-refractivity contribution is 5.95. The van der Waals surface area contributed by atoms with E-state index in [1.807, 2.05) is 4.98 Å². The van der Waals surface area contributed by atoms with Gasteiger partial charge in [-0.25, -0.2) is 4.79 Å². The number of nitrogens with zero attached hydrogens (tertiary/aromatic N) is 1. The van der Waals surface area contributed by atoms with Gasteiger partial charge in [0.15, 0.2) is 18.1 Å². The number of hydrogen-bond donors (Lipinski definition) is 8. The zero-order valence-electron chi connectivity index (χ0n) is 22.0. The largest absolute Gasteiger partial charge is 0.456 e. The van der Waals surface area contributed by atoms with Crippen LogP contribution in [-0.2, 0) is 33.3 Å². The van der Waals surface area contributed by atoms with Crippen LogP contribution in [0.15, 0.2) is 33.7 Å². The summed E-state index contributed by atoms with van der Waals surface area (Å²) in [5.74, 6) is -3.59. The first-order valence-electron chi connectivity index (χ1n) is 12.6. The van der Waals surface area contributed by atoms with Crippen LogP contribution in [-0.4, -0.2) is 105 Å². The zero-order valence-corrected chi connectivity index (χ0v) is 22.0.